The van der Waals surface area contributed by atoms with Gasteiger partial charge in [0, 0.05) is 6.92 Å². The number of hydrogen-bond donors (Lipinski definition) is 5. The Kier molecular flexibility index (Phi) is 5.30. The summed E-state index contributed by atoms with van der Waals surface area (Å²) in [6, 6.07) is 14.0. The van der Waals surface area contributed by atoms with Gasteiger partial charge in [0.05, 0.1) is 18.8 Å². The van der Waals surface area contributed by atoms with E-state index in [4.69, 9.17) is 10.5 Å². The Morgan fingerprint density at radius 1 is 1.19 bits per heavy atom. The van der Waals surface area contributed by atoms with Crippen LogP contribution in [0.15, 0.2) is 47.5 Å². The van der Waals surface area contributed by atoms with Crippen molar-refractivity contribution in [2.75, 3.05) is 16.8 Å². The average Bonchev–Trinajstić information content (AvgIpc) is 3.50. The normalized spacial score (nSPS) is 23.9. The Bertz CT molecular complexity index is 1400. The molecule has 0 saturated carbocycles. The monoisotopic (exact) mass is 490 g/mol. The molecule has 2 aliphatic heterocycles. The maximum Gasteiger partial charge on any atom is 0.230 e. The zero-order valence-corrected chi connectivity index (χ0v) is 19.5. The lowest BCUT2D eigenvalue weighted by atomic mass is 10.1. The molecule has 3 aliphatic rings. The average molecular weight is 491 g/mol. The molecule has 3 heterocycles. The number of fused-ring (bicyclic) bond motifs is 4. The fourth-order valence-corrected chi connectivity index (χ4v) is 5.23. The van der Waals surface area contributed by atoms with Crippen molar-refractivity contribution in [2.45, 2.75) is 44.4 Å². The summed E-state index contributed by atoms with van der Waals surface area (Å²) in [7, 11) is 0. The van der Waals surface area contributed by atoms with Gasteiger partial charge in [-0.05, 0) is 40.8 Å². The van der Waals surface area contributed by atoms with Gasteiger partial charge < -0.3 is 31.1 Å². The summed E-state index contributed by atoms with van der Waals surface area (Å²) < 4.78 is 7.32. The predicted octanol–water partition coefficient (Wildman–Crippen LogP) is 0.991. The molecule has 1 aromatic heterocycles. The Hall–Kier alpha value is -3.77. The standard InChI is InChI=1S/C25H26N6O5/c1-12(33)30(15-6-7-17-14(9-15)8-13-4-2-3-5-16(13)17)25-28-18-10-27-24(26)29-22(18)31(25)23-21(35)20(34)19(11-32)36-23/h2-7,9,19-21,23,32,34-35H,8,10-11H2,1H3,(H3,26,27,29)/t19-,20-,21-,23-/m1/s1. The number of ether oxygens (including phenoxy) is 1. The highest BCUT2D eigenvalue weighted by Gasteiger charge is 2.46. The van der Waals surface area contributed by atoms with E-state index in [1.165, 1.54) is 27.5 Å². The number of hydrogen-bond acceptors (Lipinski definition) is 9. The lowest BCUT2D eigenvalue weighted by molar-refractivity contribution is -0.116. The van der Waals surface area contributed by atoms with Crippen LogP contribution in [-0.4, -0.2) is 61.7 Å². The van der Waals surface area contributed by atoms with Crippen LogP contribution in [-0.2, 0) is 22.5 Å². The van der Waals surface area contributed by atoms with Gasteiger partial charge in [0.15, 0.2) is 12.2 Å². The van der Waals surface area contributed by atoms with Gasteiger partial charge in [0.2, 0.25) is 11.9 Å². The molecule has 3 aromatic rings. The smallest absolute Gasteiger partial charge is 0.230 e. The number of anilines is 3. The van der Waals surface area contributed by atoms with Crippen molar-refractivity contribution >= 4 is 29.3 Å². The molecule has 1 aliphatic carbocycles. The zero-order valence-electron chi connectivity index (χ0n) is 19.5. The summed E-state index contributed by atoms with van der Waals surface area (Å²) in [5, 5.41) is 33.8. The molecule has 11 heteroatoms. The number of guanidine groups is 1. The molecular formula is C25H26N6O5. The number of imidazole rings is 1. The van der Waals surface area contributed by atoms with E-state index in [1.54, 1.807) is 0 Å². The second-order valence-corrected chi connectivity index (χ2v) is 9.16. The van der Waals surface area contributed by atoms with Crippen LogP contribution in [0.1, 0.15) is 30.0 Å². The van der Waals surface area contributed by atoms with Crippen LogP contribution in [0.4, 0.5) is 17.5 Å². The number of nitrogens with zero attached hydrogens (tertiary/aromatic N) is 4. The van der Waals surface area contributed by atoms with E-state index in [-0.39, 0.29) is 24.4 Å². The minimum Gasteiger partial charge on any atom is -0.394 e. The number of aliphatic imine (C=N–C) groups is 1. The van der Waals surface area contributed by atoms with Gasteiger partial charge in [0.25, 0.3) is 0 Å². The van der Waals surface area contributed by atoms with E-state index in [0.29, 0.717) is 17.2 Å². The Balaban J connectivity index is 1.48. The van der Waals surface area contributed by atoms with Crippen LogP contribution in [0.5, 0.6) is 0 Å². The Labute approximate surface area is 206 Å². The number of carbonyl (C=O) groups is 1. The first-order valence-corrected chi connectivity index (χ1v) is 11.7. The number of carbonyl (C=O) groups excluding carboxylic acids is 1. The molecule has 6 N–H and O–H groups in total. The molecule has 2 aromatic carbocycles. The van der Waals surface area contributed by atoms with E-state index in [1.807, 2.05) is 30.3 Å². The van der Waals surface area contributed by atoms with Crippen molar-refractivity contribution < 1.29 is 24.9 Å². The number of nitrogens with two attached hydrogens (primary N) is 1. The van der Waals surface area contributed by atoms with Gasteiger partial charge in [-0.25, -0.2) is 9.98 Å². The highest BCUT2D eigenvalue weighted by molar-refractivity contribution is 6.00. The van der Waals surface area contributed by atoms with Gasteiger partial charge in [-0.3, -0.25) is 14.3 Å². The van der Waals surface area contributed by atoms with Crippen LogP contribution < -0.4 is 16.0 Å². The second-order valence-electron chi connectivity index (χ2n) is 9.16. The van der Waals surface area contributed by atoms with Gasteiger partial charge in [0.1, 0.15) is 29.8 Å². The number of amides is 1. The van der Waals surface area contributed by atoms with Crippen LogP contribution in [0.3, 0.4) is 0 Å². The van der Waals surface area contributed by atoms with Crippen molar-refractivity contribution in [3.8, 4) is 11.1 Å². The minimum absolute atomic E-state index is 0.145. The van der Waals surface area contributed by atoms with Crippen LogP contribution in [0.25, 0.3) is 11.1 Å². The maximum absolute atomic E-state index is 13.1. The summed E-state index contributed by atoms with van der Waals surface area (Å²) >= 11 is 0. The third kappa shape index (κ3) is 3.39. The molecule has 11 nitrogen and oxygen atoms in total. The Morgan fingerprint density at radius 3 is 2.72 bits per heavy atom. The van der Waals surface area contributed by atoms with Crippen molar-refractivity contribution in [2.24, 2.45) is 10.7 Å². The topological polar surface area (TPSA) is 158 Å². The van der Waals surface area contributed by atoms with E-state index in [9.17, 15) is 20.1 Å². The fraction of sp³-hybridized carbons (Fsp3) is 0.320. The van der Waals surface area contributed by atoms with Crippen LogP contribution >= 0.6 is 0 Å². The molecule has 186 valence electrons. The van der Waals surface area contributed by atoms with Crippen LogP contribution in [0, 0.1) is 0 Å². The van der Waals surface area contributed by atoms with Gasteiger partial charge >= 0.3 is 0 Å². The lowest BCUT2D eigenvalue weighted by Gasteiger charge is -2.27. The highest BCUT2D eigenvalue weighted by atomic mass is 16.6. The first-order chi connectivity index (χ1) is 17.4. The van der Waals surface area contributed by atoms with Crippen molar-refractivity contribution in [1.82, 2.24) is 9.55 Å². The summed E-state index contributed by atoms with van der Waals surface area (Å²) in [4.78, 5) is 23.4. The molecular weight excluding hydrogens is 464 g/mol. The van der Waals surface area contributed by atoms with Crippen molar-refractivity contribution in [3.63, 3.8) is 0 Å². The number of aromatic nitrogens is 2. The van der Waals surface area contributed by atoms with Gasteiger partial charge in [-0.2, -0.15) is 0 Å². The first kappa shape index (κ1) is 22.7. The molecule has 4 atom stereocenters. The number of benzene rings is 2. The fourth-order valence-electron chi connectivity index (χ4n) is 5.23. The van der Waals surface area contributed by atoms with Gasteiger partial charge in [-0.15, -0.1) is 0 Å². The molecule has 0 radical (unpaired) electrons. The molecule has 0 unspecified atom stereocenters. The van der Waals surface area contributed by atoms with E-state index < -0.39 is 31.1 Å². The minimum atomic E-state index is -1.38. The quantitative estimate of drug-likeness (QED) is 0.283. The first-order valence-electron chi connectivity index (χ1n) is 11.7. The Morgan fingerprint density at radius 2 is 1.97 bits per heavy atom. The third-order valence-electron chi connectivity index (χ3n) is 6.93. The predicted molar refractivity (Wildman–Crippen MR) is 132 cm³/mol. The maximum atomic E-state index is 13.1. The van der Waals surface area contributed by atoms with Gasteiger partial charge in [-0.1, -0.05) is 30.3 Å². The van der Waals surface area contributed by atoms with E-state index in [2.05, 4.69) is 27.4 Å². The van der Waals surface area contributed by atoms with Crippen molar-refractivity contribution in [3.05, 3.63) is 59.3 Å². The summed E-state index contributed by atoms with van der Waals surface area (Å²) in [6.07, 6.45) is -4.11. The molecule has 1 amide bonds. The number of rotatable bonds is 4. The largest absolute Gasteiger partial charge is 0.394 e. The molecule has 6 rings (SSSR count). The number of aliphatic hydroxyl groups is 3. The number of nitrogens with one attached hydrogen (secondary N) is 1. The van der Waals surface area contributed by atoms with E-state index >= 15 is 0 Å². The highest BCUT2D eigenvalue weighted by Crippen LogP contribution is 2.42. The zero-order chi connectivity index (χ0) is 25.1. The summed E-state index contributed by atoms with van der Waals surface area (Å²) in [5.74, 6) is 0.406. The number of aliphatic hydroxyl groups excluding tert-OH is 3. The van der Waals surface area contributed by atoms with Crippen LogP contribution in [0.2, 0.25) is 0 Å². The molecule has 0 bridgehead atoms. The molecule has 36 heavy (non-hydrogen) atoms. The third-order valence-corrected chi connectivity index (χ3v) is 6.93. The van der Waals surface area contributed by atoms with E-state index in [0.717, 1.165) is 17.5 Å². The summed E-state index contributed by atoms with van der Waals surface area (Å²) in [6.45, 7) is 1.10. The SMILES string of the molecule is CC(=O)N(c1ccc2c(c1)Cc1ccccc1-2)c1nc2c(n1[C@@H]1O[C@H](CO)[C@@H](O)[C@H]1O)NC(N)=NC2. The molecule has 0 spiro atoms. The molecule has 1 fully saturated rings. The second kappa shape index (κ2) is 8.42. The lowest BCUT2D eigenvalue weighted by Crippen LogP contribution is -2.35. The molecule has 1 saturated heterocycles. The van der Waals surface area contributed by atoms with Crippen molar-refractivity contribution in [1.29, 1.82) is 0 Å². The summed E-state index contributed by atoms with van der Waals surface area (Å²) in [5.41, 5.74) is 11.6.